The van der Waals surface area contributed by atoms with Gasteiger partial charge < -0.3 is 14.2 Å². The second kappa shape index (κ2) is 7.48. The molecule has 1 N–H and O–H groups in total. The van der Waals surface area contributed by atoms with Crippen molar-refractivity contribution in [1.82, 2.24) is 0 Å². The molecule has 4 rings (SSSR count). The van der Waals surface area contributed by atoms with Crippen molar-refractivity contribution in [2.75, 3.05) is 5.32 Å². The normalized spacial score (nSPS) is 11.4. The maximum atomic E-state index is 12.6. The summed E-state index contributed by atoms with van der Waals surface area (Å²) >= 11 is 0. The third kappa shape index (κ3) is 3.63. The molecular weight excluding hydrogens is 378 g/mol. The molecule has 0 aliphatic rings. The lowest BCUT2D eigenvalue weighted by molar-refractivity contribution is -0.116. The highest BCUT2D eigenvalue weighted by Crippen LogP contribution is 2.31. The summed E-state index contributed by atoms with van der Waals surface area (Å²) in [5, 5.41) is 4.80. The van der Waals surface area contributed by atoms with E-state index in [9.17, 15) is 9.59 Å². The molecule has 0 spiro atoms. The minimum Gasteiger partial charge on any atom is -0.461 e. The van der Waals surface area contributed by atoms with Crippen LogP contribution in [0.2, 0.25) is 0 Å². The van der Waals surface area contributed by atoms with E-state index in [1.165, 1.54) is 0 Å². The number of carbonyl (C=O) groups excluding carboxylic acids is 1. The second-order valence-electron chi connectivity index (χ2n) is 8.05. The minimum absolute atomic E-state index is 0.129. The summed E-state index contributed by atoms with van der Waals surface area (Å²) in [5.41, 5.74) is 6.22. The Labute approximate surface area is 174 Å². The van der Waals surface area contributed by atoms with Gasteiger partial charge in [0.2, 0.25) is 5.91 Å². The first kappa shape index (κ1) is 20.0. The van der Waals surface area contributed by atoms with Gasteiger partial charge in [0.25, 0.3) is 0 Å². The lowest BCUT2D eigenvalue weighted by Crippen LogP contribution is -2.16. The van der Waals surface area contributed by atoms with E-state index in [-0.39, 0.29) is 12.3 Å². The molecule has 30 heavy (non-hydrogen) atoms. The first-order valence-electron chi connectivity index (χ1n) is 10.1. The highest BCUT2D eigenvalue weighted by Gasteiger charge is 2.16. The number of rotatable bonds is 4. The van der Waals surface area contributed by atoms with E-state index in [1.807, 2.05) is 52.8 Å². The molecule has 1 amide bonds. The van der Waals surface area contributed by atoms with Crippen molar-refractivity contribution in [1.29, 1.82) is 0 Å². The molecule has 0 radical (unpaired) electrons. The number of furan rings is 1. The van der Waals surface area contributed by atoms with E-state index in [0.717, 1.165) is 44.5 Å². The third-order valence-electron chi connectivity index (χ3n) is 5.69. The molecule has 154 valence electrons. The zero-order valence-electron chi connectivity index (χ0n) is 17.9. The molecule has 0 fully saturated rings. The Hall–Kier alpha value is -3.34. The largest absolute Gasteiger partial charge is 0.461 e. The molecule has 0 aliphatic heterocycles. The van der Waals surface area contributed by atoms with Crippen LogP contribution in [0.5, 0.6) is 0 Å². The Balaban J connectivity index is 1.62. The highest BCUT2D eigenvalue weighted by molar-refractivity contribution is 5.97. The van der Waals surface area contributed by atoms with Crippen molar-refractivity contribution in [3.05, 3.63) is 74.3 Å². The van der Waals surface area contributed by atoms with E-state index >= 15 is 0 Å². The maximum Gasteiger partial charge on any atom is 0.339 e. The van der Waals surface area contributed by atoms with E-state index in [0.29, 0.717) is 23.2 Å². The second-order valence-corrected chi connectivity index (χ2v) is 8.05. The molecule has 5 heteroatoms. The number of hydrogen-bond acceptors (Lipinski definition) is 4. The monoisotopic (exact) mass is 403 g/mol. The Morgan fingerprint density at radius 1 is 0.833 bits per heavy atom. The predicted octanol–water partition coefficient (Wildman–Crippen LogP) is 5.65. The number of amides is 1. The van der Waals surface area contributed by atoms with Gasteiger partial charge in [-0.1, -0.05) is 6.07 Å². The molecule has 0 unspecified atom stereocenters. The van der Waals surface area contributed by atoms with Gasteiger partial charge in [0.15, 0.2) is 0 Å². The fourth-order valence-electron chi connectivity index (χ4n) is 4.02. The van der Waals surface area contributed by atoms with Crippen LogP contribution in [0.15, 0.2) is 44.0 Å². The number of aryl methyl sites for hydroxylation is 5. The molecule has 2 aromatic carbocycles. The SMILES string of the molecule is Cc1cc(C)cc(NC(=O)CCc2c(C)c3cc4c(C)c(C)oc4cc3oc2=O)c1. The van der Waals surface area contributed by atoms with Crippen LogP contribution in [0.4, 0.5) is 5.69 Å². The van der Waals surface area contributed by atoms with E-state index < -0.39 is 5.63 Å². The fraction of sp³-hybridized carbons (Fsp3) is 0.280. The average Bonchev–Trinajstić information content (AvgIpc) is 2.92. The van der Waals surface area contributed by atoms with Crippen molar-refractivity contribution < 1.29 is 13.6 Å². The van der Waals surface area contributed by atoms with Gasteiger partial charge in [-0.25, -0.2) is 4.79 Å². The summed E-state index contributed by atoms with van der Waals surface area (Å²) in [4.78, 5) is 25.1. The van der Waals surface area contributed by atoms with Gasteiger partial charge >= 0.3 is 5.63 Å². The van der Waals surface area contributed by atoms with Crippen molar-refractivity contribution >= 4 is 33.5 Å². The standard InChI is InChI=1S/C25H25NO4/c1-13-8-14(2)10-18(9-13)26-24(27)7-6-19-16(4)21-11-20-15(3)17(5)29-22(20)12-23(21)30-25(19)28/h8-12H,6-7H2,1-5H3,(H,26,27). The summed E-state index contributed by atoms with van der Waals surface area (Å²) in [5.74, 6) is 0.722. The zero-order valence-corrected chi connectivity index (χ0v) is 17.9. The number of nitrogens with one attached hydrogen (secondary N) is 1. The van der Waals surface area contributed by atoms with Gasteiger partial charge in [0.05, 0.1) is 0 Å². The summed E-state index contributed by atoms with van der Waals surface area (Å²) in [6, 6.07) is 9.70. The summed E-state index contributed by atoms with van der Waals surface area (Å²) in [6.45, 7) is 9.83. The van der Waals surface area contributed by atoms with Crippen molar-refractivity contribution in [3.63, 3.8) is 0 Å². The zero-order chi connectivity index (χ0) is 21.6. The number of hydrogen-bond donors (Lipinski definition) is 1. The van der Waals surface area contributed by atoms with E-state index in [2.05, 4.69) is 11.4 Å². The fourth-order valence-corrected chi connectivity index (χ4v) is 4.02. The van der Waals surface area contributed by atoms with Crippen LogP contribution in [0.3, 0.4) is 0 Å². The Morgan fingerprint density at radius 3 is 2.17 bits per heavy atom. The molecule has 0 aliphatic carbocycles. The molecule has 5 nitrogen and oxygen atoms in total. The van der Waals surface area contributed by atoms with Crippen molar-refractivity contribution in [2.24, 2.45) is 0 Å². The summed E-state index contributed by atoms with van der Waals surface area (Å²) in [7, 11) is 0. The number of carbonyl (C=O) groups is 1. The molecule has 0 atom stereocenters. The maximum absolute atomic E-state index is 12.6. The lowest BCUT2D eigenvalue weighted by Gasteiger charge is -2.10. The highest BCUT2D eigenvalue weighted by atomic mass is 16.4. The average molecular weight is 403 g/mol. The molecular formula is C25H25NO4. The van der Waals surface area contributed by atoms with Crippen molar-refractivity contribution in [2.45, 2.75) is 47.5 Å². The smallest absolute Gasteiger partial charge is 0.339 e. The molecule has 2 aromatic heterocycles. The van der Waals surface area contributed by atoms with Gasteiger partial charge in [-0.15, -0.1) is 0 Å². The Morgan fingerprint density at radius 2 is 1.47 bits per heavy atom. The van der Waals surface area contributed by atoms with E-state index in [4.69, 9.17) is 8.83 Å². The topological polar surface area (TPSA) is 72.5 Å². The molecule has 0 saturated carbocycles. The Bertz CT molecular complexity index is 1340. The first-order valence-corrected chi connectivity index (χ1v) is 10.1. The van der Waals surface area contributed by atoms with Crippen molar-refractivity contribution in [3.8, 4) is 0 Å². The first-order chi connectivity index (χ1) is 14.2. The van der Waals surface area contributed by atoms with Gasteiger partial charge in [-0.2, -0.15) is 0 Å². The summed E-state index contributed by atoms with van der Waals surface area (Å²) < 4.78 is 11.3. The van der Waals surface area contributed by atoms with Gasteiger partial charge in [0.1, 0.15) is 16.9 Å². The minimum atomic E-state index is -0.404. The number of fused-ring (bicyclic) bond motifs is 2. The quantitative estimate of drug-likeness (QED) is 0.447. The third-order valence-corrected chi connectivity index (χ3v) is 5.69. The lowest BCUT2D eigenvalue weighted by atomic mass is 10.0. The van der Waals surface area contributed by atoms with Crippen LogP contribution >= 0.6 is 0 Å². The molecule has 2 heterocycles. The van der Waals surface area contributed by atoms with Gasteiger partial charge in [-0.3, -0.25) is 4.79 Å². The van der Waals surface area contributed by atoms with Crippen LogP contribution in [0.25, 0.3) is 21.9 Å². The number of benzene rings is 2. The van der Waals surface area contributed by atoms with Gasteiger partial charge in [-0.05, 0) is 81.5 Å². The molecule has 0 saturated heterocycles. The van der Waals surface area contributed by atoms with Crippen LogP contribution in [0, 0.1) is 34.6 Å². The van der Waals surface area contributed by atoms with Crippen LogP contribution < -0.4 is 10.9 Å². The molecule has 4 aromatic rings. The van der Waals surface area contributed by atoms with Crippen LogP contribution in [-0.2, 0) is 11.2 Å². The Kier molecular flexibility index (Phi) is 4.98. The van der Waals surface area contributed by atoms with E-state index in [1.54, 1.807) is 6.07 Å². The van der Waals surface area contributed by atoms with Crippen LogP contribution in [0.1, 0.15) is 40.0 Å². The molecule has 0 bridgehead atoms. The summed E-state index contributed by atoms with van der Waals surface area (Å²) in [6.07, 6.45) is 0.526. The number of anilines is 1. The predicted molar refractivity (Wildman–Crippen MR) is 119 cm³/mol. The van der Waals surface area contributed by atoms with Crippen LogP contribution in [-0.4, -0.2) is 5.91 Å². The van der Waals surface area contributed by atoms with Gasteiger partial charge in [0, 0.05) is 34.5 Å².